The molecular weight excluding hydrogens is 346 g/mol. The van der Waals surface area contributed by atoms with E-state index in [1.807, 2.05) is 0 Å². The molecule has 0 heterocycles. The van der Waals surface area contributed by atoms with Gasteiger partial charge in [-0.2, -0.15) is 0 Å². The second-order valence-corrected chi connectivity index (χ2v) is 6.29. The molecule has 1 unspecified atom stereocenters. The van der Waals surface area contributed by atoms with Crippen LogP contribution >= 0.6 is 11.6 Å². The van der Waals surface area contributed by atoms with Gasteiger partial charge in [-0.15, -0.1) is 0 Å². The van der Waals surface area contributed by atoms with Crippen molar-refractivity contribution in [2.24, 2.45) is 0 Å². The van der Waals surface area contributed by atoms with Gasteiger partial charge in [-0.05, 0) is 37.5 Å². The molecule has 6 nitrogen and oxygen atoms in total. The van der Waals surface area contributed by atoms with Gasteiger partial charge in [-0.3, -0.25) is 14.4 Å². The van der Waals surface area contributed by atoms with Crippen LogP contribution in [0.5, 0.6) is 0 Å². The molecule has 0 saturated heterocycles. The fraction of sp³-hybridized carbons (Fsp3) is 0.500. The number of carbonyl (C=O) groups is 3. The van der Waals surface area contributed by atoms with Gasteiger partial charge in [0, 0.05) is 24.4 Å². The summed E-state index contributed by atoms with van der Waals surface area (Å²) in [6.45, 7) is 5.33. The third-order valence-electron chi connectivity index (χ3n) is 4.32. The summed E-state index contributed by atoms with van der Waals surface area (Å²) in [4.78, 5) is 36.9. The molecule has 0 aromatic heterocycles. The van der Waals surface area contributed by atoms with E-state index in [0.29, 0.717) is 16.1 Å². The number of hydrogen-bond acceptors (Lipinski definition) is 5. The van der Waals surface area contributed by atoms with Crippen LogP contribution < -0.4 is 5.32 Å². The molecule has 1 N–H and O–H groups in total. The molecule has 7 heteroatoms. The zero-order valence-corrected chi connectivity index (χ0v) is 15.3. The van der Waals surface area contributed by atoms with Crippen LogP contribution in [0, 0.1) is 0 Å². The first kappa shape index (κ1) is 19.2. The maximum atomic E-state index is 12.8. The van der Waals surface area contributed by atoms with E-state index in [1.54, 1.807) is 32.0 Å². The maximum Gasteiger partial charge on any atom is 0.328 e. The Labute approximate surface area is 151 Å². The number of ether oxygens (including phenoxy) is 2. The summed E-state index contributed by atoms with van der Waals surface area (Å²) in [5, 5.41) is 3.18. The quantitative estimate of drug-likeness (QED) is 0.616. The lowest BCUT2D eigenvalue weighted by molar-refractivity contribution is -0.165. The van der Waals surface area contributed by atoms with E-state index in [2.05, 4.69) is 5.32 Å². The Morgan fingerprint density at radius 2 is 1.80 bits per heavy atom. The minimum absolute atomic E-state index is 0.143. The lowest BCUT2D eigenvalue weighted by Gasteiger charge is -2.26. The minimum Gasteiger partial charge on any atom is -0.465 e. The van der Waals surface area contributed by atoms with Gasteiger partial charge in [0.25, 0.3) is 0 Å². The predicted molar refractivity (Wildman–Crippen MR) is 92.4 cm³/mol. The summed E-state index contributed by atoms with van der Waals surface area (Å²) in [5.74, 6) is -1.79. The Morgan fingerprint density at radius 1 is 1.20 bits per heavy atom. The van der Waals surface area contributed by atoms with Crippen LogP contribution in [0.2, 0.25) is 5.02 Å². The van der Waals surface area contributed by atoms with Crippen LogP contribution in [-0.4, -0.2) is 37.6 Å². The summed E-state index contributed by atoms with van der Waals surface area (Å²) in [5.41, 5.74) is -0.388. The summed E-state index contributed by atoms with van der Waals surface area (Å²) in [6, 6.07) is 5.09. The van der Waals surface area contributed by atoms with Gasteiger partial charge < -0.3 is 14.8 Å². The van der Waals surface area contributed by atoms with Gasteiger partial charge in [-0.25, -0.2) is 0 Å². The van der Waals surface area contributed by atoms with E-state index < -0.39 is 17.4 Å². The second kappa shape index (κ2) is 7.87. The number of hydrogen-bond donors (Lipinski definition) is 1. The Morgan fingerprint density at radius 3 is 2.32 bits per heavy atom. The number of esters is 2. The molecule has 136 valence electrons. The number of rotatable bonds is 6. The highest BCUT2D eigenvalue weighted by atomic mass is 35.5. The first-order valence-corrected chi connectivity index (χ1v) is 8.64. The largest absolute Gasteiger partial charge is 0.465 e. The summed E-state index contributed by atoms with van der Waals surface area (Å²) >= 11 is 6.35. The highest BCUT2D eigenvalue weighted by molar-refractivity contribution is 6.32. The molecule has 1 aliphatic carbocycles. The molecule has 1 amide bonds. The molecule has 0 fully saturated rings. The van der Waals surface area contributed by atoms with E-state index >= 15 is 0 Å². The molecule has 0 radical (unpaired) electrons. The number of nitrogens with one attached hydrogen (secondary N) is 1. The minimum atomic E-state index is -1.56. The maximum absolute atomic E-state index is 12.8. The van der Waals surface area contributed by atoms with Crippen LogP contribution in [0.25, 0.3) is 0 Å². The summed E-state index contributed by atoms with van der Waals surface area (Å²) < 4.78 is 10.4. The van der Waals surface area contributed by atoms with Crippen molar-refractivity contribution in [1.82, 2.24) is 5.32 Å². The Hall–Kier alpha value is -2.08. The van der Waals surface area contributed by atoms with E-state index in [9.17, 15) is 14.4 Å². The monoisotopic (exact) mass is 367 g/mol. The number of carbonyl (C=O) groups excluding carboxylic acids is 3. The molecule has 25 heavy (non-hydrogen) atoms. The van der Waals surface area contributed by atoms with E-state index in [4.69, 9.17) is 21.1 Å². The van der Waals surface area contributed by atoms with E-state index in [-0.39, 0.29) is 38.0 Å². The van der Waals surface area contributed by atoms with Crippen molar-refractivity contribution in [2.75, 3.05) is 19.8 Å². The average Bonchev–Trinajstić information content (AvgIpc) is 2.90. The molecule has 0 aliphatic heterocycles. The topological polar surface area (TPSA) is 81.7 Å². The van der Waals surface area contributed by atoms with Crippen molar-refractivity contribution in [1.29, 1.82) is 0 Å². The molecule has 1 aromatic carbocycles. The zero-order chi connectivity index (χ0) is 18.6. The SMILES string of the molecule is CCOC(=O)C1(C(=O)OCC)CC(CNC(C)=O)c2c(Cl)cccc21. The highest BCUT2D eigenvalue weighted by Crippen LogP contribution is 2.50. The van der Waals surface area contributed by atoms with Gasteiger partial charge in [0.05, 0.1) is 13.2 Å². The van der Waals surface area contributed by atoms with Crippen molar-refractivity contribution in [3.63, 3.8) is 0 Å². The number of amides is 1. The first-order chi connectivity index (χ1) is 11.9. The number of halogens is 1. The molecule has 1 aliphatic rings. The van der Waals surface area contributed by atoms with Crippen LogP contribution in [-0.2, 0) is 29.3 Å². The molecular formula is C18H22ClNO5. The summed E-state index contributed by atoms with van der Waals surface area (Å²) in [7, 11) is 0. The Bertz CT molecular complexity index is 670. The first-order valence-electron chi connectivity index (χ1n) is 8.26. The molecule has 1 aromatic rings. The zero-order valence-electron chi connectivity index (χ0n) is 14.6. The van der Waals surface area contributed by atoms with Crippen molar-refractivity contribution in [3.8, 4) is 0 Å². The van der Waals surface area contributed by atoms with Crippen molar-refractivity contribution in [3.05, 3.63) is 34.3 Å². The van der Waals surface area contributed by atoms with E-state index in [0.717, 1.165) is 0 Å². The third-order valence-corrected chi connectivity index (χ3v) is 4.65. The second-order valence-electron chi connectivity index (χ2n) is 5.89. The van der Waals surface area contributed by atoms with Crippen molar-refractivity contribution < 1.29 is 23.9 Å². The number of fused-ring (bicyclic) bond motifs is 1. The van der Waals surface area contributed by atoms with E-state index in [1.165, 1.54) is 6.92 Å². The Kier molecular flexibility index (Phi) is 6.06. The van der Waals surface area contributed by atoms with Crippen LogP contribution in [0.3, 0.4) is 0 Å². The molecule has 2 rings (SSSR count). The number of benzene rings is 1. The molecule has 0 spiro atoms. The lowest BCUT2D eigenvalue weighted by atomic mass is 9.81. The normalized spacial score (nSPS) is 17.5. The summed E-state index contributed by atoms with van der Waals surface area (Å²) in [6.07, 6.45) is 0.143. The van der Waals surface area contributed by atoms with Gasteiger partial charge in [0.1, 0.15) is 0 Å². The van der Waals surface area contributed by atoms with Gasteiger partial charge in [0.2, 0.25) is 5.91 Å². The smallest absolute Gasteiger partial charge is 0.328 e. The van der Waals surface area contributed by atoms with Crippen molar-refractivity contribution in [2.45, 2.75) is 38.5 Å². The molecule has 0 bridgehead atoms. The van der Waals surface area contributed by atoms with Crippen LogP contribution in [0.1, 0.15) is 44.2 Å². The lowest BCUT2D eigenvalue weighted by Crippen LogP contribution is -2.45. The fourth-order valence-corrected chi connectivity index (χ4v) is 3.65. The highest BCUT2D eigenvalue weighted by Gasteiger charge is 2.57. The Balaban J connectivity index is 2.57. The van der Waals surface area contributed by atoms with Gasteiger partial charge in [0.15, 0.2) is 5.41 Å². The van der Waals surface area contributed by atoms with Crippen molar-refractivity contribution >= 4 is 29.4 Å². The predicted octanol–water partition coefficient (Wildman–Crippen LogP) is 2.33. The molecule has 0 saturated carbocycles. The standard InChI is InChI=1S/C18H22ClNO5/c1-4-24-16(22)18(17(23)25-5-2)9-12(10-20-11(3)21)15-13(18)7-6-8-14(15)19/h6-8,12H,4-5,9-10H2,1-3H3,(H,20,21). The van der Waals surface area contributed by atoms with Crippen LogP contribution in [0.4, 0.5) is 0 Å². The van der Waals surface area contributed by atoms with Gasteiger partial charge >= 0.3 is 11.9 Å². The van der Waals surface area contributed by atoms with Gasteiger partial charge in [-0.1, -0.05) is 23.7 Å². The fourth-order valence-electron chi connectivity index (χ4n) is 3.33. The third kappa shape index (κ3) is 3.49. The van der Waals surface area contributed by atoms with Crippen LogP contribution in [0.15, 0.2) is 18.2 Å². The molecule has 1 atom stereocenters. The average molecular weight is 368 g/mol.